The molecule has 1 fully saturated rings. The minimum absolute atomic E-state index is 0.333. The van der Waals surface area contributed by atoms with Gasteiger partial charge in [0.2, 0.25) is 5.89 Å². The van der Waals surface area contributed by atoms with Crippen LogP contribution in [0.5, 0.6) is 0 Å². The maximum Gasteiger partial charge on any atom is 0.226 e. The number of thiophene rings is 1. The van der Waals surface area contributed by atoms with Crippen molar-refractivity contribution in [3.8, 4) is 11.5 Å². The fraction of sp³-hybridized carbons (Fsp3) is 0.320. The van der Waals surface area contributed by atoms with Gasteiger partial charge in [-0.25, -0.2) is 4.98 Å². The van der Waals surface area contributed by atoms with Crippen LogP contribution in [0.4, 0.5) is 0 Å². The number of likely N-dealkylation sites (tertiary alicyclic amines) is 1. The lowest BCUT2D eigenvalue weighted by Gasteiger charge is -2.33. The molecule has 0 saturated carbocycles. The van der Waals surface area contributed by atoms with Crippen LogP contribution in [0.3, 0.4) is 0 Å². The van der Waals surface area contributed by atoms with Crippen molar-refractivity contribution >= 4 is 22.1 Å². The molecule has 0 aliphatic carbocycles. The van der Waals surface area contributed by atoms with E-state index in [1.54, 1.807) is 11.3 Å². The summed E-state index contributed by atoms with van der Waals surface area (Å²) in [5.41, 5.74) is 2.02. The monoisotopic (exact) mass is 418 g/mol. The summed E-state index contributed by atoms with van der Waals surface area (Å²) >= 11 is 1.65. The third kappa shape index (κ3) is 3.93. The van der Waals surface area contributed by atoms with E-state index in [1.165, 1.54) is 10.8 Å². The predicted octanol–water partition coefficient (Wildman–Crippen LogP) is 5.81. The highest BCUT2D eigenvalue weighted by atomic mass is 32.1. The molecular formula is C25H26N2O2S. The van der Waals surface area contributed by atoms with Gasteiger partial charge in [-0.15, -0.1) is 11.3 Å². The summed E-state index contributed by atoms with van der Waals surface area (Å²) in [6, 6.07) is 18.7. The molecule has 5 rings (SSSR count). The number of oxazole rings is 1. The zero-order valence-electron chi connectivity index (χ0n) is 17.1. The third-order valence-electron chi connectivity index (χ3n) is 6.18. The molecule has 154 valence electrons. The second-order valence-electron chi connectivity index (χ2n) is 8.16. The highest BCUT2D eigenvalue weighted by Crippen LogP contribution is 2.33. The van der Waals surface area contributed by atoms with Gasteiger partial charge in [-0.3, -0.25) is 4.90 Å². The Bertz CT molecular complexity index is 1130. The SMILES string of the molecule is Cc1oc(-c2ccc3ccccc3c2)nc1CN1CCC(C(O)c2cccs2)CC1. The first kappa shape index (κ1) is 19.5. The van der Waals surface area contributed by atoms with E-state index in [2.05, 4.69) is 47.4 Å². The second kappa shape index (κ2) is 8.34. The van der Waals surface area contributed by atoms with Crippen molar-refractivity contribution in [3.05, 3.63) is 76.3 Å². The molecule has 0 radical (unpaired) electrons. The quantitative estimate of drug-likeness (QED) is 0.444. The van der Waals surface area contributed by atoms with Crippen LogP contribution < -0.4 is 0 Å². The number of aliphatic hydroxyl groups excluding tert-OH is 1. The van der Waals surface area contributed by atoms with Gasteiger partial charge in [-0.1, -0.05) is 36.4 Å². The molecular weight excluding hydrogens is 392 g/mol. The molecule has 1 atom stereocenters. The van der Waals surface area contributed by atoms with Gasteiger partial charge >= 0.3 is 0 Å². The fourth-order valence-corrected chi connectivity index (χ4v) is 5.15. The first-order chi connectivity index (χ1) is 14.7. The van der Waals surface area contributed by atoms with Gasteiger partial charge in [0.15, 0.2) is 0 Å². The van der Waals surface area contributed by atoms with Gasteiger partial charge < -0.3 is 9.52 Å². The van der Waals surface area contributed by atoms with Gasteiger partial charge in [0, 0.05) is 17.0 Å². The number of rotatable bonds is 5. The third-order valence-corrected chi connectivity index (χ3v) is 7.12. The molecule has 1 saturated heterocycles. The van der Waals surface area contributed by atoms with Gasteiger partial charge in [0.25, 0.3) is 0 Å². The zero-order chi connectivity index (χ0) is 20.5. The average Bonchev–Trinajstić information content (AvgIpc) is 3.44. The summed E-state index contributed by atoms with van der Waals surface area (Å²) in [7, 11) is 0. The van der Waals surface area contributed by atoms with Crippen LogP contribution in [0.25, 0.3) is 22.2 Å². The minimum Gasteiger partial charge on any atom is -0.441 e. The molecule has 30 heavy (non-hydrogen) atoms. The Balaban J connectivity index is 1.25. The van der Waals surface area contributed by atoms with Crippen LogP contribution in [-0.2, 0) is 6.54 Å². The highest BCUT2D eigenvalue weighted by Gasteiger charge is 2.27. The molecule has 4 aromatic rings. The Morgan fingerprint density at radius 3 is 2.67 bits per heavy atom. The Hall–Kier alpha value is -2.47. The summed E-state index contributed by atoms with van der Waals surface area (Å²) in [6.45, 7) is 4.75. The Labute approximate surface area is 180 Å². The van der Waals surface area contributed by atoms with Crippen LogP contribution in [0.1, 0.15) is 35.3 Å². The summed E-state index contributed by atoms with van der Waals surface area (Å²) < 4.78 is 6.02. The van der Waals surface area contributed by atoms with E-state index in [0.717, 1.165) is 54.4 Å². The number of hydrogen-bond donors (Lipinski definition) is 1. The minimum atomic E-state index is -0.333. The van der Waals surface area contributed by atoms with E-state index in [4.69, 9.17) is 9.40 Å². The lowest BCUT2D eigenvalue weighted by atomic mass is 9.90. The second-order valence-corrected chi connectivity index (χ2v) is 9.14. The lowest BCUT2D eigenvalue weighted by molar-refractivity contribution is 0.0586. The van der Waals surface area contributed by atoms with Crippen molar-refractivity contribution in [2.75, 3.05) is 13.1 Å². The van der Waals surface area contributed by atoms with E-state index >= 15 is 0 Å². The maximum atomic E-state index is 10.6. The van der Waals surface area contributed by atoms with Crippen LogP contribution in [0, 0.1) is 12.8 Å². The number of nitrogens with zero attached hydrogens (tertiary/aromatic N) is 2. The maximum absolute atomic E-state index is 10.6. The number of aromatic nitrogens is 1. The summed E-state index contributed by atoms with van der Waals surface area (Å²) in [5, 5.41) is 15.1. The zero-order valence-corrected chi connectivity index (χ0v) is 17.9. The lowest BCUT2D eigenvalue weighted by Crippen LogP contribution is -2.35. The molecule has 1 aliphatic heterocycles. The molecule has 3 heterocycles. The van der Waals surface area contributed by atoms with E-state index in [0.29, 0.717) is 11.8 Å². The molecule has 5 heteroatoms. The number of piperidine rings is 1. The first-order valence-corrected chi connectivity index (χ1v) is 11.4. The molecule has 4 nitrogen and oxygen atoms in total. The van der Waals surface area contributed by atoms with Crippen molar-refractivity contribution < 1.29 is 9.52 Å². The number of aliphatic hydroxyl groups is 1. The van der Waals surface area contributed by atoms with Crippen molar-refractivity contribution in [2.24, 2.45) is 5.92 Å². The number of benzene rings is 2. The molecule has 2 aromatic carbocycles. The standard InChI is InChI=1S/C25H26N2O2S/c1-17-22(16-27-12-10-19(11-13-27)24(28)23-7-4-14-30-23)26-25(29-17)21-9-8-18-5-2-3-6-20(18)15-21/h2-9,14-15,19,24,28H,10-13,16H2,1H3. The molecule has 0 bridgehead atoms. The summed E-state index contributed by atoms with van der Waals surface area (Å²) in [5.74, 6) is 1.92. The summed E-state index contributed by atoms with van der Waals surface area (Å²) in [6.07, 6.45) is 1.68. The van der Waals surface area contributed by atoms with Crippen LogP contribution >= 0.6 is 11.3 Å². The Morgan fingerprint density at radius 1 is 1.10 bits per heavy atom. The highest BCUT2D eigenvalue weighted by molar-refractivity contribution is 7.10. The molecule has 1 unspecified atom stereocenters. The van der Waals surface area contributed by atoms with E-state index in [-0.39, 0.29) is 6.10 Å². The van der Waals surface area contributed by atoms with Crippen molar-refractivity contribution in [3.63, 3.8) is 0 Å². The van der Waals surface area contributed by atoms with Gasteiger partial charge in [-0.05, 0) is 73.1 Å². The molecule has 0 amide bonds. The number of hydrogen-bond acceptors (Lipinski definition) is 5. The smallest absolute Gasteiger partial charge is 0.226 e. The van der Waals surface area contributed by atoms with Gasteiger partial charge in [0.1, 0.15) is 5.76 Å². The first-order valence-electron chi connectivity index (χ1n) is 10.6. The normalized spacial score (nSPS) is 16.9. The van der Waals surface area contributed by atoms with Crippen molar-refractivity contribution in [2.45, 2.75) is 32.4 Å². The Morgan fingerprint density at radius 2 is 1.90 bits per heavy atom. The molecule has 1 aliphatic rings. The largest absolute Gasteiger partial charge is 0.441 e. The van der Waals surface area contributed by atoms with Crippen LogP contribution in [0.2, 0.25) is 0 Å². The van der Waals surface area contributed by atoms with Crippen molar-refractivity contribution in [1.29, 1.82) is 0 Å². The molecule has 0 spiro atoms. The average molecular weight is 419 g/mol. The van der Waals surface area contributed by atoms with E-state index in [9.17, 15) is 5.11 Å². The number of aryl methyl sites for hydroxylation is 1. The van der Waals surface area contributed by atoms with E-state index < -0.39 is 0 Å². The van der Waals surface area contributed by atoms with Gasteiger partial charge in [-0.2, -0.15) is 0 Å². The number of fused-ring (bicyclic) bond motifs is 1. The van der Waals surface area contributed by atoms with Crippen LogP contribution in [0.15, 0.2) is 64.4 Å². The van der Waals surface area contributed by atoms with E-state index in [1.807, 2.05) is 24.4 Å². The predicted molar refractivity (Wildman–Crippen MR) is 121 cm³/mol. The Kier molecular flexibility index (Phi) is 5.42. The topological polar surface area (TPSA) is 49.5 Å². The molecule has 2 aromatic heterocycles. The fourth-order valence-electron chi connectivity index (χ4n) is 4.35. The van der Waals surface area contributed by atoms with Crippen molar-refractivity contribution in [1.82, 2.24) is 9.88 Å². The van der Waals surface area contributed by atoms with Crippen LogP contribution in [-0.4, -0.2) is 28.1 Å². The summed E-state index contributed by atoms with van der Waals surface area (Å²) in [4.78, 5) is 8.33. The molecule has 1 N–H and O–H groups in total. The van der Waals surface area contributed by atoms with Gasteiger partial charge in [0.05, 0.1) is 11.8 Å².